The van der Waals surface area contributed by atoms with E-state index >= 15 is 0 Å². The van der Waals surface area contributed by atoms with E-state index < -0.39 is 0 Å². The second kappa shape index (κ2) is 4.86. The summed E-state index contributed by atoms with van der Waals surface area (Å²) in [6, 6.07) is 11.4. The van der Waals surface area contributed by atoms with Crippen LogP contribution in [0.2, 0.25) is 0 Å². The lowest BCUT2D eigenvalue weighted by atomic mass is 10.1. The molecule has 2 heterocycles. The average Bonchev–Trinajstić information content (AvgIpc) is 3.19. The van der Waals surface area contributed by atoms with Gasteiger partial charge in [0.05, 0.1) is 5.56 Å². The Morgan fingerprint density at radius 2 is 2.05 bits per heavy atom. The number of phenols is 1. The van der Waals surface area contributed by atoms with Crippen LogP contribution in [0.4, 0.5) is 0 Å². The summed E-state index contributed by atoms with van der Waals surface area (Å²) in [7, 11) is 0. The molecule has 1 aliphatic heterocycles. The lowest BCUT2D eigenvalue weighted by Gasteiger charge is -2.04. The second-order valence-electron chi connectivity index (χ2n) is 5.14. The molecular weight excluding hydrogens is 268 g/mol. The molecule has 0 bridgehead atoms. The Balaban J connectivity index is 1.77. The van der Waals surface area contributed by atoms with Crippen molar-refractivity contribution in [2.24, 2.45) is 0 Å². The molecule has 4 rings (SSSR count). The molecule has 21 heavy (non-hydrogen) atoms. The zero-order chi connectivity index (χ0) is 14.2. The standard InChI is InChI=1S/C16H14N2O3/c19-14-11-5-2-1-4-10(11)7-8-12(14)16-17-15(18-21-16)13-6-3-9-20-13/h1-2,4-5,7-8,13,19H,3,6,9H2. The van der Waals surface area contributed by atoms with Gasteiger partial charge in [0.25, 0.3) is 5.89 Å². The van der Waals surface area contributed by atoms with E-state index in [0.717, 1.165) is 30.2 Å². The van der Waals surface area contributed by atoms with Gasteiger partial charge in [0.1, 0.15) is 11.9 Å². The maximum absolute atomic E-state index is 10.4. The van der Waals surface area contributed by atoms with Crippen LogP contribution in [0.25, 0.3) is 22.2 Å². The molecule has 5 nitrogen and oxygen atoms in total. The van der Waals surface area contributed by atoms with Crippen LogP contribution in [0.1, 0.15) is 24.8 Å². The molecule has 1 atom stereocenters. The number of ether oxygens (including phenoxy) is 1. The maximum atomic E-state index is 10.4. The fourth-order valence-corrected chi connectivity index (χ4v) is 2.68. The quantitative estimate of drug-likeness (QED) is 0.779. The summed E-state index contributed by atoms with van der Waals surface area (Å²) in [6.07, 6.45) is 1.82. The highest BCUT2D eigenvalue weighted by molar-refractivity contribution is 5.93. The van der Waals surface area contributed by atoms with Crippen LogP contribution in [0.5, 0.6) is 5.75 Å². The molecule has 0 spiro atoms. The molecule has 5 heteroatoms. The van der Waals surface area contributed by atoms with Gasteiger partial charge in [-0.25, -0.2) is 0 Å². The zero-order valence-corrected chi connectivity index (χ0v) is 11.3. The molecule has 106 valence electrons. The smallest absolute Gasteiger partial charge is 0.261 e. The van der Waals surface area contributed by atoms with Crippen molar-refractivity contribution in [2.45, 2.75) is 18.9 Å². The molecule has 0 saturated carbocycles. The third kappa shape index (κ3) is 2.06. The van der Waals surface area contributed by atoms with Crippen molar-refractivity contribution < 1.29 is 14.4 Å². The summed E-state index contributed by atoms with van der Waals surface area (Å²) in [5.41, 5.74) is 0.547. The molecule has 1 fully saturated rings. The first-order valence-electron chi connectivity index (χ1n) is 6.99. The van der Waals surface area contributed by atoms with E-state index in [0.29, 0.717) is 17.3 Å². The number of nitrogens with zero attached hydrogens (tertiary/aromatic N) is 2. The first-order valence-corrected chi connectivity index (χ1v) is 6.99. The van der Waals surface area contributed by atoms with Gasteiger partial charge in [0.2, 0.25) is 5.82 Å². The molecule has 1 aliphatic rings. The van der Waals surface area contributed by atoms with Crippen molar-refractivity contribution in [1.29, 1.82) is 0 Å². The van der Waals surface area contributed by atoms with E-state index in [1.165, 1.54) is 0 Å². The number of aromatic hydroxyl groups is 1. The van der Waals surface area contributed by atoms with Crippen LogP contribution in [0, 0.1) is 0 Å². The zero-order valence-electron chi connectivity index (χ0n) is 11.3. The van der Waals surface area contributed by atoms with Crippen LogP contribution in [0.15, 0.2) is 40.9 Å². The summed E-state index contributed by atoms with van der Waals surface area (Å²) in [5, 5.41) is 16.1. The van der Waals surface area contributed by atoms with Crippen molar-refractivity contribution in [3.8, 4) is 17.2 Å². The van der Waals surface area contributed by atoms with Crippen LogP contribution < -0.4 is 0 Å². The van der Waals surface area contributed by atoms with Crippen molar-refractivity contribution in [2.75, 3.05) is 6.61 Å². The van der Waals surface area contributed by atoms with Gasteiger partial charge in [0.15, 0.2) is 0 Å². The minimum Gasteiger partial charge on any atom is -0.506 e. The molecular formula is C16H14N2O3. The van der Waals surface area contributed by atoms with Gasteiger partial charge in [-0.05, 0) is 24.3 Å². The fraction of sp³-hybridized carbons (Fsp3) is 0.250. The Labute approximate surface area is 121 Å². The maximum Gasteiger partial charge on any atom is 0.261 e. The van der Waals surface area contributed by atoms with E-state index in [1.807, 2.05) is 30.3 Å². The highest BCUT2D eigenvalue weighted by atomic mass is 16.5. The Morgan fingerprint density at radius 3 is 2.90 bits per heavy atom. The number of hydrogen-bond acceptors (Lipinski definition) is 5. The largest absolute Gasteiger partial charge is 0.506 e. The molecule has 0 aliphatic carbocycles. The van der Waals surface area contributed by atoms with Crippen LogP contribution in [0.3, 0.4) is 0 Å². The number of benzene rings is 2. The van der Waals surface area contributed by atoms with Gasteiger partial charge in [0, 0.05) is 12.0 Å². The van der Waals surface area contributed by atoms with Crippen molar-refractivity contribution >= 4 is 10.8 Å². The van der Waals surface area contributed by atoms with E-state index in [2.05, 4.69) is 10.1 Å². The number of fused-ring (bicyclic) bond motifs is 1. The Kier molecular flexibility index (Phi) is 2.86. The van der Waals surface area contributed by atoms with Crippen LogP contribution in [-0.4, -0.2) is 21.9 Å². The summed E-state index contributed by atoms with van der Waals surface area (Å²) in [5.74, 6) is 1.04. The summed E-state index contributed by atoms with van der Waals surface area (Å²) in [6.45, 7) is 0.732. The second-order valence-corrected chi connectivity index (χ2v) is 5.14. The van der Waals surface area contributed by atoms with E-state index in [-0.39, 0.29) is 11.9 Å². The predicted octanol–water partition coefficient (Wildman–Crippen LogP) is 3.45. The third-order valence-electron chi connectivity index (χ3n) is 3.79. The lowest BCUT2D eigenvalue weighted by Crippen LogP contribution is -1.97. The Morgan fingerprint density at radius 1 is 1.14 bits per heavy atom. The topological polar surface area (TPSA) is 68.4 Å². The van der Waals surface area contributed by atoms with Crippen molar-refractivity contribution in [3.05, 3.63) is 42.2 Å². The number of hydrogen-bond donors (Lipinski definition) is 1. The molecule has 3 aromatic rings. The highest BCUT2D eigenvalue weighted by Crippen LogP contribution is 2.36. The molecule has 1 unspecified atom stereocenters. The molecule has 2 aromatic carbocycles. The van der Waals surface area contributed by atoms with Gasteiger partial charge in [-0.2, -0.15) is 4.98 Å². The molecule has 1 N–H and O–H groups in total. The van der Waals surface area contributed by atoms with E-state index in [1.54, 1.807) is 6.07 Å². The first-order chi connectivity index (χ1) is 10.3. The van der Waals surface area contributed by atoms with E-state index in [4.69, 9.17) is 9.26 Å². The molecule has 1 saturated heterocycles. The third-order valence-corrected chi connectivity index (χ3v) is 3.79. The number of aromatic nitrogens is 2. The Hall–Kier alpha value is -2.40. The number of rotatable bonds is 2. The first kappa shape index (κ1) is 12.3. The van der Waals surface area contributed by atoms with Crippen molar-refractivity contribution in [1.82, 2.24) is 10.1 Å². The van der Waals surface area contributed by atoms with Crippen LogP contribution in [-0.2, 0) is 4.74 Å². The SMILES string of the molecule is Oc1c(-c2nc(C3CCCO3)no2)ccc2ccccc12. The molecule has 0 amide bonds. The predicted molar refractivity (Wildman–Crippen MR) is 76.8 cm³/mol. The van der Waals surface area contributed by atoms with Gasteiger partial charge in [-0.3, -0.25) is 0 Å². The highest BCUT2D eigenvalue weighted by Gasteiger charge is 2.24. The van der Waals surface area contributed by atoms with Gasteiger partial charge < -0.3 is 14.4 Å². The minimum atomic E-state index is -0.0925. The lowest BCUT2D eigenvalue weighted by molar-refractivity contribution is 0.103. The monoisotopic (exact) mass is 282 g/mol. The Bertz CT molecular complexity index is 791. The van der Waals surface area contributed by atoms with Crippen molar-refractivity contribution in [3.63, 3.8) is 0 Å². The fourth-order valence-electron chi connectivity index (χ4n) is 2.68. The molecule has 1 aromatic heterocycles. The normalized spacial score (nSPS) is 18.4. The van der Waals surface area contributed by atoms with Crippen LogP contribution >= 0.6 is 0 Å². The summed E-state index contributed by atoms with van der Waals surface area (Å²) < 4.78 is 10.8. The van der Waals surface area contributed by atoms with Gasteiger partial charge in [-0.1, -0.05) is 35.5 Å². The molecule has 0 radical (unpaired) electrons. The average molecular weight is 282 g/mol. The summed E-state index contributed by atoms with van der Waals surface area (Å²) in [4.78, 5) is 4.37. The number of phenolic OH excluding ortho intramolecular Hbond substituents is 1. The van der Waals surface area contributed by atoms with Gasteiger partial charge in [-0.15, -0.1) is 0 Å². The summed E-state index contributed by atoms with van der Waals surface area (Å²) >= 11 is 0. The van der Waals surface area contributed by atoms with Gasteiger partial charge >= 0.3 is 0 Å². The minimum absolute atomic E-state index is 0.0925. The van der Waals surface area contributed by atoms with E-state index in [9.17, 15) is 5.11 Å².